The topological polar surface area (TPSA) is 24.9 Å². The lowest BCUT2D eigenvalue weighted by Crippen LogP contribution is -2.18. The summed E-state index contributed by atoms with van der Waals surface area (Å²) in [6.45, 7) is 0.868. The van der Waals surface area contributed by atoms with Crippen molar-refractivity contribution >= 4 is 10.8 Å². The second-order valence-corrected chi connectivity index (χ2v) is 5.69. The zero-order chi connectivity index (χ0) is 14.1. The van der Waals surface area contributed by atoms with Gasteiger partial charge in [0.25, 0.3) is 0 Å². The van der Waals surface area contributed by atoms with Crippen LogP contribution in [0.1, 0.15) is 29.2 Å². The molecule has 4 rings (SSSR count). The van der Waals surface area contributed by atoms with Crippen LogP contribution in [0.3, 0.4) is 0 Å². The fourth-order valence-electron chi connectivity index (χ4n) is 3.32. The monoisotopic (exact) mass is 274 g/mol. The lowest BCUT2D eigenvalue weighted by molar-refractivity contribution is 0.531. The minimum atomic E-state index is 0.472. The average molecular weight is 274 g/mol. The van der Waals surface area contributed by atoms with E-state index < -0.39 is 0 Å². The van der Waals surface area contributed by atoms with Crippen molar-refractivity contribution in [1.82, 2.24) is 10.3 Å². The Morgan fingerprint density at radius 3 is 2.86 bits per heavy atom. The van der Waals surface area contributed by atoms with E-state index in [1.165, 1.54) is 40.3 Å². The lowest BCUT2D eigenvalue weighted by atomic mass is 10.1. The summed E-state index contributed by atoms with van der Waals surface area (Å²) in [7, 11) is 0. The van der Waals surface area contributed by atoms with Gasteiger partial charge >= 0.3 is 0 Å². The molecule has 0 amide bonds. The third-order valence-corrected chi connectivity index (χ3v) is 4.42. The van der Waals surface area contributed by atoms with E-state index in [1.807, 2.05) is 12.4 Å². The number of benzene rings is 2. The first-order valence-corrected chi connectivity index (χ1v) is 7.54. The molecule has 1 heterocycles. The van der Waals surface area contributed by atoms with Crippen LogP contribution in [0, 0.1) is 0 Å². The normalized spacial score (nSPS) is 17.0. The van der Waals surface area contributed by atoms with Crippen molar-refractivity contribution in [2.24, 2.45) is 0 Å². The molecule has 1 unspecified atom stereocenters. The summed E-state index contributed by atoms with van der Waals surface area (Å²) < 4.78 is 0. The second-order valence-electron chi connectivity index (χ2n) is 5.69. The third-order valence-electron chi connectivity index (χ3n) is 4.42. The molecule has 104 valence electrons. The predicted octanol–water partition coefficient (Wildman–Crippen LogP) is 4.01. The Bertz CT molecular complexity index is 774. The van der Waals surface area contributed by atoms with Gasteiger partial charge in [-0.15, -0.1) is 0 Å². The van der Waals surface area contributed by atoms with Crippen LogP contribution in [-0.2, 0) is 13.0 Å². The van der Waals surface area contributed by atoms with E-state index in [0.29, 0.717) is 6.04 Å². The smallest absolute Gasteiger partial charge is 0.0346 e. The number of hydrogen-bond acceptors (Lipinski definition) is 2. The van der Waals surface area contributed by atoms with Crippen molar-refractivity contribution in [2.75, 3.05) is 0 Å². The van der Waals surface area contributed by atoms with Gasteiger partial charge in [0, 0.05) is 30.4 Å². The Morgan fingerprint density at radius 1 is 1.00 bits per heavy atom. The van der Waals surface area contributed by atoms with Gasteiger partial charge in [-0.2, -0.15) is 0 Å². The SMILES string of the molecule is c1ccc2c(c1)CCC2NCc1cncc2ccccc12. The molecule has 21 heavy (non-hydrogen) atoms. The number of pyridine rings is 1. The van der Waals surface area contributed by atoms with Crippen LogP contribution in [0.2, 0.25) is 0 Å². The maximum absolute atomic E-state index is 4.36. The molecule has 2 heteroatoms. The first kappa shape index (κ1) is 12.5. The molecular weight excluding hydrogens is 256 g/mol. The van der Waals surface area contributed by atoms with Crippen LogP contribution in [-0.4, -0.2) is 4.98 Å². The zero-order valence-corrected chi connectivity index (χ0v) is 11.9. The molecule has 0 fully saturated rings. The van der Waals surface area contributed by atoms with E-state index in [-0.39, 0.29) is 0 Å². The summed E-state index contributed by atoms with van der Waals surface area (Å²) in [6.07, 6.45) is 6.29. The van der Waals surface area contributed by atoms with Crippen LogP contribution in [0.5, 0.6) is 0 Å². The molecule has 2 aromatic carbocycles. The highest BCUT2D eigenvalue weighted by Crippen LogP contribution is 2.31. The number of fused-ring (bicyclic) bond motifs is 2. The van der Waals surface area contributed by atoms with Gasteiger partial charge in [0.15, 0.2) is 0 Å². The fourth-order valence-corrected chi connectivity index (χ4v) is 3.32. The largest absolute Gasteiger partial charge is 0.306 e. The van der Waals surface area contributed by atoms with E-state index in [4.69, 9.17) is 0 Å². The van der Waals surface area contributed by atoms with Crippen molar-refractivity contribution in [3.05, 3.63) is 77.6 Å². The van der Waals surface area contributed by atoms with Gasteiger partial charge in [0.2, 0.25) is 0 Å². The number of rotatable bonds is 3. The van der Waals surface area contributed by atoms with Crippen molar-refractivity contribution in [1.29, 1.82) is 0 Å². The Balaban J connectivity index is 1.57. The number of aromatic nitrogens is 1. The Morgan fingerprint density at radius 2 is 1.86 bits per heavy atom. The van der Waals surface area contributed by atoms with Crippen LogP contribution < -0.4 is 5.32 Å². The molecule has 1 atom stereocenters. The Kier molecular flexibility index (Phi) is 3.17. The number of aryl methyl sites for hydroxylation is 1. The van der Waals surface area contributed by atoms with Gasteiger partial charge in [-0.25, -0.2) is 0 Å². The van der Waals surface area contributed by atoms with Gasteiger partial charge < -0.3 is 5.32 Å². The van der Waals surface area contributed by atoms with Crippen molar-refractivity contribution < 1.29 is 0 Å². The van der Waals surface area contributed by atoms with Crippen LogP contribution in [0.25, 0.3) is 10.8 Å². The molecule has 1 aliphatic rings. The maximum atomic E-state index is 4.36. The minimum Gasteiger partial charge on any atom is -0.306 e. The fraction of sp³-hybridized carbons (Fsp3) is 0.211. The van der Waals surface area contributed by atoms with Gasteiger partial charge in [-0.05, 0) is 34.9 Å². The van der Waals surface area contributed by atoms with Gasteiger partial charge in [0.1, 0.15) is 0 Å². The Labute approximate surface area is 124 Å². The maximum Gasteiger partial charge on any atom is 0.0346 e. The van der Waals surface area contributed by atoms with Crippen LogP contribution in [0.4, 0.5) is 0 Å². The molecular formula is C19H18N2. The molecule has 0 spiro atoms. The molecule has 2 nitrogen and oxygen atoms in total. The molecule has 1 aromatic heterocycles. The highest BCUT2D eigenvalue weighted by Gasteiger charge is 2.21. The number of nitrogens with one attached hydrogen (secondary N) is 1. The lowest BCUT2D eigenvalue weighted by Gasteiger charge is -2.15. The summed E-state index contributed by atoms with van der Waals surface area (Å²) in [5, 5.41) is 6.22. The summed E-state index contributed by atoms with van der Waals surface area (Å²) in [6, 6.07) is 17.7. The quantitative estimate of drug-likeness (QED) is 0.780. The molecule has 0 aliphatic heterocycles. The molecule has 1 N–H and O–H groups in total. The molecule has 0 radical (unpaired) electrons. The van der Waals surface area contributed by atoms with Crippen molar-refractivity contribution in [3.8, 4) is 0 Å². The number of nitrogens with zero attached hydrogens (tertiary/aromatic N) is 1. The zero-order valence-electron chi connectivity index (χ0n) is 11.9. The van der Waals surface area contributed by atoms with Crippen LogP contribution in [0.15, 0.2) is 60.9 Å². The molecule has 3 aromatic rings. The van der Waals surface area contributed by atoms with Crippen LogP contribution >= 0.6 is 0 Å². The van der Waals surface area contributed by atoms with Crippen molar-refractivity contribution in [2.45, 2.75) is 25.4 Å². The van der Waals surface area contributed by atoms with E-state index in [9.17, 15) is 0 Å². The van der Waals surface area contributed by atoms with E-state index in [1.54, 1.807) is 0 Å². The van der Waals surface area contributed by atoms with Crippen molar-refractivity contribution in [3.63, 3.8) is 0 Å². The van der Waals surface area contributed by atoms with Gasteiger partial charge in [-0.3, -0.25) is 4.98 Å². The predicted molar refractivity (Wildman–Crippen MR) is 86.1 cm³/mol. The summed E-state index contributed by atoms with van der Waals surface area (Å²) >= 11 is 0. The molecule has 0 saturated carbocycles. The average Bonchev–Trinajstić information content (AvgIpc) is 2.96. The summed E-state index contributed by atoms with van der Waals surface area (Å²) in [4.78, 5) is 4.36. The number of hydrogen-bond donors (Lipinski definition) is 1. The van der Waals surface area contributed by atoms with E-state index in [0.717, 1.165) is 6.54 Å². The summed E-state index contributed by atoms with van der Waals surface area (Å²) in [5.74, 6) is 0. The molecule has 0 saturated heterocycles. The highest BCUT2D eigenvalue weighted by molar-refractivity contribution is 5.84. The first-order valence-electron chi connectivity index (χ1n) is 7.54. The molecule has 1 aliphatic carbocycles. The Hall–Kier alpha value is -2.19. The second kappa shape index (κ2) is 5.30. The summed E-state index contributed by atoms with van der Waals surface area (Å²) in [5.41, 5.74) is 4.23. The molecule has 0 bridgehead atoms. The van der Waals surface area contributed by atoms with Gasteiger partial charge in [-0.1, -0.05) is 48.5 Å². The van der Waals surface area contributed by atoms with E-state index in [2.05, 4.69) is 58.8 Å². The standard InChI is InChI=1S/C19H18N2/c1-4-8-18-14(5-1)9-10-19(18)21-13-16-12-20-11-15-6-2-3-7-17(15)16/h1-8,11-12,19,21H,9-10,13H2. The highest BCUT2D eigenvalue weighted by atomic mass is 14.9. The third kappa shape index (κ3) is 2.32. The first-order chi connectivity index (χ1) is 10.4. The van der Waals surface area contributed by atoms with E-state index >= 15 is 0 Å². The minimum absolute atomic E-state index is 0.472. The van der Waals surface area contributed by atoms with Gasteiger partial charge in [0.05, 0.1) is 0 Å².